The summed E-state index contributed by atoms with van der Waals surface area (Å²) < 4.78 is 43.0. The molecule has 0 N–H and O–H groups in total. The van der Waals surface area contributed by atoms with Crippen LogP contribution in [0.3, 0.4) is 0 Å². The van der Waals surface area contributed by atoms with Crippen molar-refractivity contribution in [3.05, 3.63) is 29.3 Å². The molecule has 1 aromatic rings. The maximum atomic E-state index is 13.6. The quantitative estimate of drug-likeness (QED) is 0.786. The highest BCUT2D eigenvalue weighted by molar-refractivity contribution is 5.38. The SMILES string of the molecule is CC.Fc1ccc(F)c2c1CC(C1OCCO1)CO2. The molecule has 0 amide bonds. The smallest absolute Gasteiger partial charge is 0.165 e. The van der Waals surface area contributed by atoms with Crippen molar-refractivity contribution in [1.82, 2.24) is 0 Å². The third-order valence-corrected chi connectivity index (χ3v) is 3.10. The fraction of sp³-hybridized carbons (Fsp3) is 0.571. The van der Waals surface area contributed by atoms with Crippen LogP contribution in [0.1, 0.15) is 19.4 Å². The molecular weight excluding hydrogens is 254 g/mol. The zero-order valence-electron chi connectivity index (χ0n) is 11.1. The van der Waals surface area contributed by atoms with Crippen molar-refractivity contribution >= 4 is 0 Å². The Morgan fingerprint density at radius 1 is 1.05 bits per heavy atom. The van der Waals surface area contributed by atoms with E-state index in [4.69, 9.17) is 14.2 Å². The van der Waals surface area contributed by atoms with E-state index in [1.807, 2.05) is 13.8 Å². The van der Waals surface area contributed by atoms with Crippen LogP contribution in [0.15, 0.2) is 12.1 Å². The number of benzene rings is 1. The van der Waals surface area contributed by atoms with Gasteiger partial charge in [-0.1, -0.05) is 13.8 Å². The first-order chi connectivity index (χ1) is 9.25. The van der Waals surface area contributed by atoms with Crippen LogP contribution in [0.5, 0.6) is 5.75 Å². The molecule has 0 radical (unpaired) electrons. The van der Waals surface area contributed by atoms with E-state index in [1.54, 1.807) is 0 Å². The van der Waals surface area contributed by atoms with E-state index < -0.39 is 11.6 Å². The summed E-state index contributed by atoms with van der Waals surface area (Å²) in [5.74, 6) is -1.02. The van der Waals surface area contributed by atoms with Gasteiger partial charge in [0.1, 0.15) is 5.82 Å². The summed E-state index contributed by atoms with van der Waals surface area (Å²) >= 11 is 0. The molecule has 2 aliphatic heterocycles. The number of hydrogen-bond acceptors (Lipinski definition) is 3. The highest BCUT2D eigenvalue weighted by Crippen LogP contribution is 2.34. The lowest BCUT2D eigenvalue weighted by Crippen LogP contribution is -2.33. The first kappa shape index (κ1) is 14.2. The topological polar surface area (TPSA) is 27.7 Å². The van der Waals surface area contributed by atoms with E-state index in [-0.39, 0.29) is 30.1 Å². The summed E-state index contributed by atoms with van der Waals surface area (Å²) in [4.78, 5) is 0. The fourth-order valence-corrected chi connectivity index (χ4v) is 2.26. The van der Waals surface area contributed by atoms with E-state index in [9.17, 15) is 8.78 Å². The number of fused-ring (bicyclic) bond motifs is 1. The van der Waals surface area contributed by atoms with Gasteiger partial charge in [-0.2, -0.15) is 0 Å². The molecule has 1 fully saturated rings. The molecule has 106 valence electrons. The van der Waals surface area contributed by atoms with Gasteiger partial charge in [-0.25, -0.2) is 8.78 Å². The molecule has 0 aliphatic carbocycles. The van der Waals surface area contributed by atoms with Crippen molar-refractivity contribution in [2.24, 2.45) is 5.92 Å². The van der Waals surface area contributed by atoms with Crippen LogP contribution < -0.4 is 4.74 Å². The van der Waals surface area contributed by atoms with Gasteiger partial charge >= 0.3 is 0 Å². The van der Waals surface area contributed by atoms with Gasteiger partial charge in [0.05, 0.1) is 19.8 Å². The van der Waals surface area contributed by atoms with Gasteiger partial charge in [-0.05, 0) is 18.6 Å². The molecular formula is C14H18F2O3. The Labute approximate surface area is 111 Å². The standard InChI is InChI=1S/C12H12F2O3.C2H6/c13-9-1-2-10(14)11-8(9)5-7(6-17-11)12-15-3-4-16-12;1-2/h1-2,7,12H,3-6H2;1-2H3. The lowest BCUT2D eigenvalue weighted by molar-refractivity contribution is -0.0968. The van der Waals surface area contributed by atoms with Crippen LogP contribution in [0.25, 0.3) is 0 Å². The molecule has 19 heavy (non-hydrogen) atoms. The summed E-state index contributed by atoms with van der Waals surface area (Å²) in [5.41, 5.74) is 0.278. The van der Waals surface area contributed by atoms with Gasteiger partial charge < -0.3 is 14.2 Å². The van der Waals surface area contributed by atoms with Gasteiger partial charge in [-0.15, -0.1) is 0 Å². The summed E-state index contributed by atoms with van der Waals surface area (Å²) in [5, 5.41) is 0. The van der Waals surface area contributed by atoms with Gasteiger partial charge in [0.15, 0.2) is 17.9 Å². The van der Waals surface area contributed by atoms with E-state index in [1.165, 1.54) is 0 Å². The normalized spacial score (nSPS) is 22.2. The summed E-state index contributed by atoms with van der Waals surface area (Å²) in [7, 11) is 0. The zero-order valence-corrected chi connectivity index (χ0v) is 11.1. The Kier molecular flexibility index (Phi) is 4.71. The van der Waals surface area contributed by atoms with Crippen LogP contribution in [-0.4, -0.2) is 26.1 Å². The molecule has 0 saturated carbocycles. The predicted octanol–water partition coefficient (Wildman–Crippen LogP) is 2.92. The minimum absolute atomic E-state index is 0.0271. The monoisotopic (exact) mass is 272 g/mol. The van der Waals surface area contributed by atoms with E-state index >= 15 is 0 Å². The Balaban J connectivity index is 0.000000637. The second kappa shape index (κ2) is 6.30. The molecule has 0 spiro atoms. The molecule has 0 bridgehead atoms. The van der Waals surface area contributed by atoms with Crippen molar-refractivity contribution in [1.29, 1.82) is 0 Å². The van der Waals surface area contributed by atoms with E-state index in [0.717, 1.165) is 12.1 Å². The average Bonchev–Trinajstić information content (AvgIpc) is 2.99. The molecule has 0 aromatic heterocycles. The lowest BCUT2D eigenvalue weighted by Gasteiger charge is -2.28. The highest BCUT2D eigenvalue weighted by Gasteiger charge is 2.33. The maximum absolute atomic E-state index is 13.6. The fourth-order valence-electron chi connectivity index (χ4n) is 2.26. The molecule has 1 saturated heterocycles. The summed E-state index contributed by atoms with van der Waals surface area (Å²) in [6, 6.07) is 2.20. The largest absolute Gasteiger partial charge is 0.490 e. The molecule has 1 atom stereocenters. The first-order valence-corrected chi connectivity index (χ1v) is 6.58. The molecule has 3 nitrogen and oxygen atoms in total. The number of hydrogen-bond donors (Lipinski definition) is 0. The Morgan fingerprint density at radius 2 is 1.68 bits per heavy atom. The van der Waals surface area contributed by atoms with Crippen LogP contribution in [0.2, 0.25) is 0 Å². The summed E-state index contributed by atoms with van der Waals surface area (Å²) in [6.07, 6.45) is 0.00895. The van der Waals surface area contributed by atoms with Crippen molar-refractivity contribution in [3.63, 3.8) is 0 Å². The minimum atomic E-state index is -0.520. The van der Waals surface area contributed by atoms with Crippen molar-refractivity contribution in [2.45, 2.75) is 26.6 Å². The van der Waals surface area contributed by atoms with Crippen LogP contribution in [0.4, 0.5) is 8.78 Å². The van der Waals surface area contributed by atoms with Crippen LogP contribution in [0, 0.1) is 17.6 Å². The Morgan fingerprint density at radius 3 is 2.37 bits per heavy atom. The number of halogens is 2. The third kappa shape index (κ3) is 2.87. The van der Waals surface area contributed by atoms with Gasteiger partial charge in [0.25, 0.3) is 0 Å². The minimum Gasteiger partial charge on any atom is -0.490 e. The predicted molar refractivity (Wildman–Crippen MR) is 66.1 cm³/mol. The van der Waals surface area contributed by atoms with Crippen LogP contribution >= 0.6 is 0 Å². The van der Waals surface area contributed by atoms with Gasteiger partial charge in [-0.3, -0.25) is 0 Å². The Hall–Kier alpha value is -1.20. The molecule has 5 heteroatoms. The first-order valence-electron chi connectivity index (χ1n) is 6.58. The van der Waals surface area contributed by atoms with Crippen LogP contribution in [-0.2, 0) is 15.9 Å². The molecule has 1 unspecified atom stereocenters. The Bertz CT molecular complexity index is 431. The highest BCUT2D eigenvalue weighted by atomic mass is 19.1. The lowest BCUT2D eigenvalue weighted by atomic mass is 9.95. The summed E-state index contributed by atoms with van der Waals surface area (Å²) in [6.45, 7) is 5.37. The maximum Gasteiger partial charge on any atom is 0.165 e. The van der Waals surface area contributed by atoms with E-state index in [0.29, 0.717) is 19.6 Å². The second-order valence-electron chi connectivity index (χ2n) is 4.22. The molecule has 1 aromatic carbocycles. The number of rotatable bonds is 1. The number of ether oxygens (including phenoxy) is 3. The van der Waals surface area contributed by atoms with Gasteiger partial charge in [0.2, 0.25) is 0 Å². The van der Waals surface area contributed by atoms with Gasteiger partial charge in [0, 0.05) is 11.5 Å². The van der Waals surface area contributed by atoms with Crippen molar-refractivity contribution < 1.29 is 23.0 Å². The van der Waals surface area contributed by atoms with Crippen molar-refractivity contribution in [3.8, 4) is 5.75 Å². The average molecular weight is 272 g/mol. The van der Waals surface area contributed by atoms with E-state index in [2.05, 4.69) is 0 Å². The van der Waals surface area contributed by atoms with Crippen molar-refractivity contribution in [2.75, 3.05) is 19.8 Å². The molecule has 3 rings (SSSR count). The third-order valence-electron chi connectivity index (χ3n) is 3.10. The molecule has 2 heterocycles. The second-order valence-corrected chi connectivity index (χ2v) is 4.22. The molecule has 2 aliphatic rings. The zero-order chi connectivity index (χ0) is 13.8.